The van der Waals surface area contributed by atoms with Crippen LogP contribution in [0.2, 0.25) is 10.0 Å². The van der Waals surface area contributed by atoms with E-state index >= 15 is 0 Å². The Labute approximate surface area is 220 Å². The van der Waals surface area contributed by atoms with Gasteiger partial charge in [-0.25, -0.2) is 0 Å². The molecular weight excluding hydrogens is 505 g/mol. The lowest BCUT2D eigenvalue weighted by Gasteiger charge is -2.22. The Bertz CT molecular complexity index is 1240. The van der Waals surface area contributed by atoms with E-state index in [9.17, 15) is 9.59 Å². The summed E-state index contributed by atoms with van der Waals surface area (Å²) in [5, 5.41) is 15.9. The van der Waals surface area contributed by atoms with Crippen molar-refractivity contribution in [3.8, 4) is 0 Å². The van der Waals surface area contributed by atoms with Gasteiger partial charge in [0.1, 0.15) is 0 Å². The van der Waals surface area contributed by atoms with Crippen LogP contribution in [0.25, 0.3) is 0 Å². The van der Waals surface area contributed by atoms with Crippen molar-refractivity contribution >= 4 is 52.5 Å². The average Bonchev–Trinajstić information content (AvgIpc) is 3.12. The maximum Gasteiger partial charge on any atom is 0.253 e. The molecule has 1 aromatic heterocycles. The first-order valence-corrected chi connectivity index (χ1v) is 12.9. The molecule has 2 N–H and O–H groups in total. The molecule has 0 bridgehead atoms. The van der Waals surface area contributed by atoms with Crippen molar-refractivity contribution in [2.75, 3.05) is 11.1 Å². The number of hydrogen-bond acceptors (Lipinski definition) is 5. The number of carbonyl (C=O) groups excluding carboxylic acids is 2. The summed E-state index contributed by atoms with van der Waals surface area (Å²) in [6.07, 6.45) is 0. The predicted molar refractivity (Wildman–Crippen MR) is 143 cm³/mol. The molecule has 7 nitrogen and oxygen atoms in total. The van der Waals surface area contributed by atoms with E-state index in [0.29, 0.717) is 21.6 Å². The monoisotopic (exact) mass is 533 g/mol. The summed E-state index contributed by atoms with van der Waals surface area (Å²) in [6.45, 7) is 9.96. The number of thioether (sulfide) groups is 1. The number of aryl methyl sites for hydroxylation is 3. The summed E-state index contributed by atoms with van der Waals surface area (Å²) in [5.74, 6) is 0.345. The Hall–Kier alpha value is -2.55. The zero-order chi connectivity index (χ0) is 25.9. The van der Waals surface area contributed by atoms with Crippen LogP contribution in [0.4, 0.5) is 5.69 Å². The fraction of sp³-hybridized carbons (Fsp3) is 0.360. The largest absolute Gasteiger partial charge is 0.342 e. The first kappa shape index (κ1) is 27.0. The quantitative estimate of drug-likeness (QED) is 0.351. The van der Waals surface area contributed by atoms with Crippen molar-refractivity contribution in [3.05, 3.63) is 68.5 Å². The number of carbonyl (C=O) groups is 2. The highest BCUT2D eigenvalue weighted by atomic mass is 35.5. The van der Waals surface area contributed by atoms with Crippen LogP contribution in [0.1, 0.15) is 52.8 Å². The second-order valence-electron chi connectivity index (χ2n) is 8.83. The Morgan fingerprint density at radius 3 is 2.31 bits per heavy atom. The second-order valence-corrected chi connectivity index (χ2v) is 10.6. The van der Waals surface area contributed by atoms with Crippen LogP contribution in [0.5, 0.6) is 0 Å². The summed E-state index contributed by atoms with van der Waals surface area (Å²) in [5.41, 5.74) is 4.38. The van der Waals surface area contributed by atoms with Crippen LogP contribution < -0.4 is 10.6 Å². The molecule has 3 rings (SSSR count). The molecule has 186 valence electrons. The summed E-state index contributed by atoms with van der Waals surface area (Å²) >= 11 is 13.4. The maximum atomic E-state index is 12.9. The molecule has 0 radical (unpaired) electrons. The highest BCUT2D eigenvalue weighted by Gasteiger charge is 2.26. The van der Waals surface area contributed by atoms with Crippen molar-refractivity contribution in [1.82, 2.24) is 20.1 Å². The molecule has 3 aromatic rings. The predicted octanol–water partition coefficient (Wildman–Crippen LogP) is 5.91. The van der Waals surface area contributed by atoms with Gasteiger partial charge in [0, 0.05) is 17.8 Å². The molecule has 0 unspecified atom stereocenters. The van der Waals surface area contributed by atoms with Gasteiger partial charge in [0.2, 0.25) is 5.91 Å². The molecular formula is C25H29Cl2N5O2S. The van der Waals surface area contributed by atoms with E-state index in [1.54, 1.807) is 16.7 Å². The van der Waals surface area contributed by atoms with Gasteiger partial charge < -0.3 is 15.2 Å². The number of hydrogen-bond donors (Lipinski definition) is 2. The number of benzene rings is 2. The molecule has 0 saturated carbocycles. The molecule has 35 heavy (non-hydrogen) atoms. The maximum absolute atomic E-state index is 12.9. The van der Waals surface area contributed by atoms with E-state index in [-0.39, 0.29) is 28.5 Å². The van der Waals surface area contributed by atoms with E-state index in [1.807, 2.05) is 53.8 Å². The van der Waals surface area contributed by atoms with Gasteiger partial charge in [-0.2, -0.15) is 0 Å². The average molecular weight is 535 g/mol. The van der Waals surface area contributed by atoms with Gasteiger partial charge in [-0.1, -0.05) is 66.5 Å². The standard InChI is InChI=1S/C25H29Cl2N5O2S/c1-13(2)21(29-24(34)18-8-7-17(26)11-19(18)27)23-30-31-25(32(23)6)35-12-20(33)28-22-15(4)9-14(3)10-16(22)5/h7-11,13,21H,12H2,1-6H3,(H,28,33)(H,29,34)/t21-/m0/s1. The topological polar surface area (TPSA) is 88.9 Å². The van der Waals surface area contributed by atoms with Crippen LogP contribution in [0.15, 0.2) is 35.5 Å². The Balaban J connectivity index is 1.70. The minimum absolute atomic E-state index is 0.0292. The van der Waals surface area contributed by atoms with Gasteiger partial charge in [-0.3, -0.25) is 9.59 Å². The molecule has 0 aliphatic carbocycles. The van der Waals surface area contributed by atoms with Gasteiger partial charge in [-0.15, -0.1) is 10.2 Å². The van der Waals surface area contributed by atoms with Crippen LogP contribution in [0.3, 0.4) is 0 Å². The van der Waals surface area contributed by atoms with Crippen LogP contribution in [-0.2, 0) is 11.8 Å². The van der Waals surface area contributed by atoms with Crippen molar-refractivity contribution < 1.29 is 9.59 Å². The summed E-state index contributed by atoms with van der Waals surface area (Å²) in [7, 11) is 1.82. The zero-order valence-corrected chi connectivity index (χ0v) is 22.9. The summed E-state index contributed by atoms with van der Waals surface area (Å²) in [6, 6.07) is 8.42. The number of nitrogens with one attached hydrogen (secondary N) is 2. The number of amides is 2. The molecule has 0 aliphatic heterocycles. The van der Waals surface area contributed by atoms with Gasteiger partial charge in [-0.05, 0) is 56.0 Å². The molecule has 2 aromatic carbocycles. The van der Waals surface area contributed by atoms with Gasteiger partial charge in [0.15, 0.2) is 11.0 Å². The minimum atomic E-state index is -0.409. The van der Waals surface area contributed by atoms with Crippen LogP contribution >= 0.6 is 35.0 Å². The molecule has 10 heteroatoms. The second kappa shape index (κ2) is 11.5. The molecule has 0 saturated heterocycles. The van der Waals surface area contributed by atoms with Crippen molar-refractivity contribution in [2.24, 2.45) is 13.0 Å². The third-order valence-corrected chi connectivity index (χ3v) is 7.12. The highest BCUT2D eigenvalue weighted by molar-refractivity contribution is 7.99. The normalized spacial score (nSPS) is 12.0. The highest BCUT2D eigenvalue weighted by Crippen LogP contribution is 2.27. The lowest BCUT2D eigenvalue weighted by atomic mass is 10.0. The lowest BCUT2D eigenvalue weighted by molar-refractivity contribution is -0.113. The number of aromatic nitrogens is 3. The van der Waals surface area contributed by atoms with Crippen LogP contribution in [0, 0.1) is 26.7 Å². The lowest BCUT2D eigenvalue weighted by Crippen LogP contribution is -2.33. The first-order valence-electron chi connectivity index (χ1n) is 11.1. The third kappa shape index (κ3) is 6.57. The first-order chi connectivity index (χ1) is 16.5. The number of halogens is 2. The Kier molecular flexibility index (Phi) is 8.85. The fourth-order valence-electron chi connectivity index (χ4n) is 3.83. The Morgan fingerprint density at radius 1 is 1.06 bits per heavy atom. The molecule has 0 spiro atoms. The van der Waals surface area contributed by atoms with E-state index < -0.39 is 6.04 Å². The number of anilines is 1. The fourth-order valence-corrected chi connectivity index (χ4v) is 5.04. The van der Waals surface area contributed by atoms with Crippen molar-refractivity contribution in [1.29, 1.82) is 0 Å². The van der Waals surface area contributed by atoms with E-state index in [0.717, 1.165) is 22.4 Å². The SMILES string of the molecule is Cc1cc(C)c(NC(=O)CSc2nnc([C@@H](NC(=O)c3ccc(Cl)cc3Cl)C(C)C)n2C)c(C)c1. The minimum Gasteiger partial charge on any atom is -0.342 e. The zero-order valence-electron chi connectivity index (χ0n) is 20.6. The van der Waals surface area contributed by atoms with Crippen molar-refractivity contribution in [3.63, 3.8) is 0 Å². The third-order valence-electron chi connectivity index (χ3n) is 5.55. The Morgan fingerprint density at radius 2 is 1.71 bits per heavy atom. The van der Waals surface area contributed by atoms with Gasteiger partial charge in [0.05, 0.1) is 22.4 Å². The molecule has 0 aliphatic rings. The van der Waals surface area contributed by atoms with E-state index in [2.05, 4.69) is 20.8 Å². The van der Waals surface area contributed by atoms with E-state index in [4.69, 9.17) is 23.2 Å². The van der Waals surface area contributed by atoms with E-state index in [1.165, 1.54) is 17.8 Å². The van der Waals surface area contributed by atoms with Crippen LogP contribution in [-0.4, -0.2) is 32.3 Å². The summed E-state index contributed by atoms with van der Waals surface area (Å²) in [4.78, 5) is 25.5. The molecule has 1 atom stereocenters. The smallest absolute Gasteiger partial charge is 0.253 e. The molecule has 2 amide bonds. The number of nitrogens with zero attached hydrogens (tertiary/aromatic N) is 3. The summed E-state index contributed by atoms with van der Waals surface area (Å²) < 4.78 is 1.80. The van der Waals surface area contributed by atoms with Gasteiger partial charge >= 0.3 is 0 Å². The molecule has 0 fully saturated rings. The number of rotatable bonds is 8. The van der Waals surface area contributed by atoms with Crippen molar-refractivity contribution in [2.45, 2.75) is 45.8 Å². The van der Waals surface area contributed by atoms with Gasteiger partial charge in [0.25, 0.3) is 5.91 Å². The molecule has 1 heterocycles.